The number of rotatable bonds is 6. The number of halogens is 3. The van der Waals surface area contributed by atoms with Crippen LogP contribution in [0.15, 0.2) is 48.5 Å². The number of nitrogens with one attached hydrogen (secondary N) is 1. The highest BCUT2D eigenvalue weighted by molar-refractivity contribution is 7.96. The fourth-order valence-electron chi connectivity index (χ4n) is 3.87. The summed E-state index contributed by atoms with van der Waals surface area (Å²) in [6, 6.07) is 11.8. The average Bonchev–Trinajstić information content (AvgIpc) is 3.41. The second-order valence-corrected chi connectivity index (χ2v) is 8.28. The quantitative estimate of drug-likeness (QED) is 0.516. The predicted octanol–water partition coefficient (Wildman–Crippen LogP) is 4.54. The van der Waals surface area contributed by atoms with Gasteiger partial charge in [0.05, 0.1) is 12.6 Å². The molecule has 2 aliphatic heterocycles. The SMILES string of the molecule is C1CCOC1.CSNC1C(Cc2cccc(-c3cccc(F)c3)c2)N(C=O)CC1(F)F. The molecule has 168 valence electrons. The van der Waals surface area contributed by atoms with Crippen molar-refractivity contribution in [3.05, 3.63) is 59.9 Å². The number of alkyl halides is 2. The summed E-state index contributed by atoms with van der Waals surface area (Å²) in [5.41, 5.74) is 2.34. The minimum Gasteiger partial charge on any atom is -0.381 e. The van der Waals surface area contributed by atoms with Crippen LogP contribution in [0, 0.1) is 5.82 Å². The van der Waals surface area contributed by atoms with Gasteiger partial charge in [0.1, 0.15) is 11.9 Å². The van der Waals surface area contributed by atoms with Crippen LogP contribution in [0.5, 0.6) is 0 Å². The lowest BCUT2D eigenvalue weighted by atomic mass is 9.96. The Morgan fingerprint density at radius 1 is 1.16 bits per heavy atom. The second kappa shape index (κ2) is 11.0. The van der Waals surface area contributed by atoms with E-state index < -0.39 is 24.6 Å². The molecule has 2 aliphatic rings. The molecule has 2 fully saturated rings. The van der Waals surface area contributed by atoms with Crippen molar-refractivity contribution in [3.63, 3.8) is 0 Å². The van der Waals surface area contributed by atoms with Crippen LogP contribution in [0.3, 0.4) is 0 Å². The molecule has 0 aromatic heterocycles. The Morgan fingerprint density at radius 2 is 1.84 bits per heavy atom. The van der Waals surface area contributed by atoms with Crippen molar-refractivity contribution in [1.82, 2.24) is 9.62 Å². The second-order valence-electron chi connectivity index (χ2n) is 7.64. The van der Waals surface area contributed by atoms with Crippen molar-refractivity contribution in [2.75, 3.05) is 26.0 Å². The van der Waals surface area contributed by atoms with Gasteiger partial charge in [0.25, 0.3) is 5.92 Å². The van der Waals surface area contributed by atoms with Gasteiger partial charge in [0.2, 0.25) is 6.41 Å². The van der Waals surface area contributed by atoms with E-state index in [4.69, 9.17) is 4.74 Å². The molecule has 2 atom stereocenters. The van der Waals surface area contributed by atoms with E-state index in [1.54, 1.807) is 18.4 Å². The maximum Gasteiger partial charge on any atom is 0.283 e. The molecule has 2 heterocycles. The molecule has 4 nitrogen and oxygen atoms in total. The van der Waals surface area contributed by atoms with E-state index >= 15 is 0 Å². The zero-order valence-electron chi connectivity index (χ0n) is 17.4. The Hall–Kier alpha value is -2.03. The summed E-state index contributed by atoms with van der Waals surface area (Å²) in [7, 11) is 0. The van der Waals surface area contributed by atoms with Gasteiger partial charge in [-0.05, 0) is 54.3 Å². The number of hydrogen-bond donors (Lipinski definition) is 1. The Bertz CT molecular complexity index is 857. The molecule has 2 aromatic rings. The molecule has 1 N–H and O–H groups in total. The fraction of sp³-hybridized carbons (Fsp3) is 0.435. The van der Waals surface area contributed by atoms with Crippen molar-refractivity contribution < 1.29 is 22.7 Å². The summed E-state index contributed by atoms with van der Waals surface area (Å²) < 4.78 is 49.7. The van der Waals surface area contributed by atoms with Crippen LogP contribution in [0.1, 0.15) is 18.4 Å². The minimum atomic E-state index is -2.99. The van der Waals surface area contributed by atoms with Crippen LogP contribution in [-0.2, 0) is 16.0 Å². The van der Waals surface area contributed by atoms with Crippen molar-refractivity contribution >= 4 is 18.4 Å². The van der Waals surface area contributed by atoms with Crippen LogP contribution < -0.4 is 4.72 Å². The Balaban J connectivity index is 0.000000478. The number of benzene rings is 2. The molecule has 1 amide bonds. The zero-order chi connectivity index (χ0) is 22.3. The number of carbonyl (C=O) groups is 1. The van der Waals surface area contributed by atoms with E-state index in [1.807, 2.05) is 24.3 Å². The normalized spacial score (nSPS) is 22.1. The fourth-order valence-corrected chi connectivity index (χ4v) is 4.46. The lowest BCUT2D eigenvalue weighted by molar-refractivity contribution is -0.120. The molecule has 4 rings (SSSR count). The van der Waals surface area contributed by atoms with Crippen molar-refractivity contribution in [2.45, 2.75) is 37.3 Å². The van der Waals surface area contributed by atoms with E-state index in [0.717, 1.165) is 46.8 Å². The summed E-state index contributed by atoms with van der Waals surface area (Å²) in [5.74, 6) is -3.32. The molecule has 0 bridgehead atoms. The number of likely N-dealkylation sites (tertiary alicyclic amines) is 1. The Kier molecular flexibility index (Phi) is 8.40. The molecule has 2 aromatic carbocycles. The summed E-state index contributed by atoms with van der Waals surface area (Å²) in [6.07, 6.45) is 5.01. The summed E-state index contributed by atoms with van der Waals surface area (Å²) in [4.78, 5) is 12.4. The van der Waals surface area contributed by atoms with Crippen LogP contribution in [0.2, 0.25) is 0 Å². The number of amides is 1. The molecule has 31 heavy (non-hydrogen) atoms. The van der Waals surface area contributed by atoms with Crippen LogP contribution >= 0.6 is 11.9 Å². The number of carbonyl (C=O) groups excluding carboxylic acids is 1. The third-order valence-corrected chi connectivity index (χ3v) is 5.89. The van der Waals surface area contributed by atoms with Crippen molar-refractivity contribution in [1.29, 1.82) is 0 Å². The van der Waals surface area contributed by atoms with E-state index in [0.29, 0.717) is 6.41 Å². The number of hydrogen-bond acceptors (Lipinski definition) is 4. The minimum absolute atomic E-state index is 0.287. The lowest BCUT2D eigenvalue weighted by Gasteiger charge is -2.26. The first kappa shape index (κ1) is 23.6. The Labute approximate surface area is 185 Å². The topological polar surface area (TPSA) is 41.6 Å². The monoisotopic (exact) mass is 452 g/mol. The van der Waals surface area contributed by atoms with Crippen LogP contribution in [0.25, 0.3) is 11.1 Å². The first-order chi connectivity index (χ1) is 14.9. The van der Waals surface area contributed by atoms with Gasteiger partial charge in [-0.15, -0.1) is 0 Å². The van der Waals surface area contributed by atoms with E-state index in [2.05, 4.69) is 4.72 Å². The van der Waals surface area contributed by atoms with Crippen molar-refractivity contribution in [2.24, 2.45) is 0 Å². The maximum absolute atomic E-state index is 14.3. The summed E-state index contributed by atoms with van der Waals surface area (Å²) in [5, 5.41) is 0. The van der Waals surface area contributed by atoms with Gasteiger partial charge in [-0.1, -0.05) is 48.3 Å². The van der Waals surface area contributed by atoms with E-state index in [1.165, 1.54) is 25.0 Å². The largest absolute Gasteiger partial charge is 0.381 e. The standard InChI is InChI=1S/C19H19F3N2OS.C4H8O/c1-26-23-18-17(24(12-25)11-19(18,21)22)9-13-4-2-5-14(8-13)15-6-3-7-16(20)10-15;1-2-4-5-3-1/h2-8,10,12,17-18,23H,9,11H2,1H3;1-4H2. The van der Waals surface area contributed by atoms with Gasteiger partial charge in [0, 0.05) is 13.2 Å². The smallest absolute Gasteiger partial charge is 0.283 e. The molecule has 2 saturated heterocycles. The van der Waals surface area contributed by atoms with Gasteiger partial charge in [0.15, 0.2) is 0 Å². The average molecular weight is 453 g/mol. The highest BCUT2D eigenvalue weighted by Gasteiger charge is 2.53. The van der Waals surface area contributed by atoms with E-state index in [-0.39, 0.29) is 12.2 Å². The van der Waals surface area contributed by atoms with Gasteiger partial charge >= 0.3 is 0 Å². The molecule has 0 radical (unpaired) electrons. The number of ether oxygens (including phenoxy) is 1. The van der Waals surface area contributed by atoms with E-state index in [9.17, 15) is 18.0 Å². The highest BCUT2D eigenvalue weighted by Crippen LogP contribution is 2.34. The molecule has 8 heteroatoms. The third-order valence-electron chi connectivity index (χ3n) is 5.40. The molecule has 0 saturated carbocycles. The van der Waals surface area contributed by atoms with Crippen molar-refractivity contribution in [3.8, 4) is 11.1 Å². The van der Waals surface area contributed by atoms with Gasteiger partial charge in [-0.2, -0.15) is 0 Å². The summed E-state index contributed by atoms with van der Waals surface area (Å²) >= 11 is 1.12. The molecular weight excluding hydrogens is 425 g/mol. The highest BCUT2D eigenvalue weighted by atomic mass is 32.2. The molecule has 2 unspecified atom stereocenters. The predicted molar refractivity (Wildman–Crippen MR) is 118 cm³/mol. The first-order valence-corrected chi connectivity index (χ1v) is 11.5. The Morgan fingerprint density at radius 3 is 2.42 bits per heavy atom. The molecule has 0 spiro atoms. The first-order valence-electron chi connectivity index (χ1n) is 10.2. The van der Waals surface area contributed by atoms with Gasteiger partial charge in [-0.25, -0.2) is 13.2 Å². The van der Waals surface area contributed by atoms with Crippen LogP contribution in [0.4, 0.5) is 13.2 Å². The lowest BCUT2D eigenvalue weighted by Crippen LogP contribution is -2.46. The molecular formula is C23H27F3N2O2S. The number of nitrogens with zero attached hydrogens (tertiary/aromatic N) is 1. The van der Waals surface area contributed by atoms with Gasteiger partial charge in [-0.3, -0.25) is 9.52 Å². The molecule has 0 aliphatic carbocycles. The third kappa shape index (κ3) is 6.24. The zero-order valence-corrected chi connectivity index (χ0v) is 18.2. The van der Waals surface area contributed by atoms with Crippen LogP contribution in [-0.4, -0.2) is 55.3 Å². The summed E-state index contributed by atoms with van der Waals surface area (Å²) in [6.45, 7) is 1.41. The van der Waals surface area contributed by atoms with Gasteiger partial charge < -0.3 is 9.64 Å². The maximum atomic E-state index is 14.3.